The van der Waals surface area contributed by atoms with Gasteiger partial charge in [-0.15, -0.1) is 0 Å². The van der Waals surface area contributed by atoms with Gasteiger partial charge in [-0.1, -0.05) is 46.3 Å². The van der Waals surface area contributed by atoms with E-state index >= 15 is 0 Å². The highest BCUT2D eigenvalue weighted by Crippen LogP contribution is 2.17. The molecule has 0 radical (unpaired) electrons. The molecule has 24 heavy (non-hydrogen) atoms. The number of nitrogens with one attached hydrogen (secondary N) is 1. The first-order valence-electron chi connectivity index (χ1n) is 7.45. The van der Waals surface area contributed by atoms with Gasteiger partial charge in [0.15, 0.2) is 6.10 Å². The molecule has 0 unspecified atom stereocenters. The molecule has 0 aliphatic carbocycles. The lowest BCUT2D eigenvalue weighted by Gasteiger charge is -2.14. The van der Waals surface area contributed by atoms with E-state index in [1.807, 2.05) is 30.3 Å². The third-order valence-corrected chi connectivity index (χ3v) is 3.85. The van der Waals surface area contributed by atoms with Gasteiger partial charge >= 0.3 is 5.97 Å². The minimum absolute atomic E-state index is 0.215. The average Bonchev–Trinajstić information content (AvgIpc) is 2.57. The number of carbonyl (C=O) groups is 2. The van der Waals surface area contributed by atoms with Crippen LogP contribution < -0.4 is 5.32 Å². The Labute approximate surface area is 148 Å². The van der Waals surface area contributed by atoms with Crippen LogP contribution in [0.15, 0.2) is 53.0 Å². The van der Waals surface area contributed by atoms with Crippen molar-refractivity contribution in [2.45, 2.75) is 19.4 Å². The Morgan fingerprint density at radius 3 is 2.62 bits per heavy atom. The first-order chi connectivity index (χ1) is 11.5. The Balaban J connectivity index is 1.84. The number of carbonyl (C=O) groups excluding carboxylic acids is 2. The maximum Gasteiger partial charge on any atom is 0.341 e. The number of benzene rings is 2. The molecule has 2 aromatic carbocycles. The molecular weight excluding hydrogens is 377 g/mol. The van der Waals surface area contributed by atoms with Gasteiger partial charge in [-0.3, -0.25) is 4.79 Å². The molecule has 0 saturated heterocycles. The van der Waals surface area contributed by atoms with Gasteiger partial charge in [0.2, 0.25) is 0 Å². The third kappa shape index (κ3) is 5.16. The number of hydrogen-bond acceptors (Lipinski definition) is 3. The first-order valence-corrected chi connectivity index (χ1v) is 8.24. The lowest BCUT2D eigenvalue weighted by Crippen LogP contribution is -2.37. The van der Waals surface area contributed by atoms with Gasteiger partial charge in [-0.05, 0) is 37.1 Å². The maximum atomic E-state index is 13.6. The van der Waals surface area contributed by atoms with Crippen molar-refractivity contribution in [3.8, 4) is 0 Å². The molecule has 0 aromatic heterocycles. The quantitative estimate of drug-likeness (QED) is 0.764. The molecule has 2 aromatic rings. The fourth-order valence-corrected chi connectivity index (χ4v) is 2.41. The topological polar surface area (TPSA) is 55.4 Å². The normalized spacial score (nSPS) is 11.6. The molecule has 0 saturated carbocycles. The van der Waals surface area contributed by atoms with Crippen LogP contribution in [0, 0.1) is 5.82 Å². The van der Waals surface area contributed by atoms with E-state index in [-0.39, 0.29) is 5.56 Å². The lowest BCUT2D eigenvalue weighted by atomic mass is 10.1. The Morgan fingerprint density at radius 1 is 1.21 bits per heavy atom. The molecule has 1 N–H and O–H groups in total. The van der Waals surface area contributed by atoms with E-state index < -0.39 is 23.8 Å². The van der Waals surface area contributed by atoms with E-state index in [0.717, 1.165) is 11.6 Å². The van der Waals surface area contributed by atoms with Gasteiger partial charge < -0.3 is 10.1 Å². The van der Waals surface area contributed by atoms with Crippen LogP contribution in [0.2, 0.25) is 0 Å². The van der Waals surface area contributed by atoms with E-state index in [4.69, 9.17) is 4.74 Å². The van der Waals surface area contributed by atoms with E-state index in [1.54, 1.807) is 0 Å². The predicted molar refractivity (Wildman–Crippen MR) is 92.1 cm³/mol. The molecule has 4 nitrogen and oxygen atoms in total. The summed E-state index contributed by atoms with van der Waals surface area (Å²) in [7, 11) is 0. The van der Waals surface area contributed by atoms with Crippen LogP contribution in [-0.4, -0.2) is 24.5 Å². The van der Waals surface area contributed by atoms with Crippen molar-refractivity contribution in [3.05, 3.63) is 69.9 Å². The van der Waals surface area contributed by atoms with E-state index in [0.29, 0.717) is 17.4 Å². The number of amides is 1. The smallest absolute Gasteiger partial charge is 0.341 e. The Kier molecular flexibility index (Phi) is 6.49. The van der Waals surface area contributed by atoms with Crippen LogP contribution in [0.25, 0.3) is 0 Å². The fourth-order valence-electron chi connectivity index (χ4n) is 2.05. The van der Waals surface area contributed by atoms with Crippen molar-refractivity contribution in [2.75, 3.05) is 6.54 Å². The molecule has 0 bridgehead atoms. The molecule has 1 amide bonds. The third-order valence-electron chi connectivity index (χ3n) is 3.36. The van der Waals surface area contributed by atoms with Crippen LogP contribution in [0.4, 0.5) is 4.39 Å². The fraction of sp³-hybridized carbons (Fsp3) is 0.222. The van der Waals surface area contributed by atoms with Crippen LogP contribution in [0.1, 0.15) is 22.8 Å². The molecule has 1 atom stereocenters. The van der Waals surface area contributed by atoms with E-state index in [2.05, 4.69) is 21.2 Å². The molecule has 2 rings (SSSR count). The number of hydrogen-bond donors (Lipinski definition) is 1. The van der Waals surface area contributed by atoms with Crippen molar-refractivity contribution < 1.29 is 18.7 Å². The number of rotatable bonds is 6. The van der Waals surface area contributed by atoms with Gasteiger partial charge in [0.05, 0.1) is 5.56 Å². The summed E-state index contributed by atoms with van der Waals surface area (Å²) < 4.78 is 19.2. The van der Waals surface area contributed by atoms with Crippen LogP contribution in [0.5, 0.6) is 0 Å². The molecule has 0 aliphatic heterocycles. The van der Waals surface area contributed by atoms with Gasteiger partial charge in [0.1, 0.15) is 5.82 Å². The maximum absolute atomic E-state index is 13.6. The zero-order chi connectivity index (χ0) is 17.5. The highest BCUT2D eigenvalue weighted by molar-refractivity contribution is 9.10. The second-order valence-electron chi connectivity index (χ2n) is 5.20. The van der Waals surface area contributed by atoms with Crippen LogP contribution >= 0.6 is 15.9 Å². The molecule has 126 valence electrons. The Morgan fingerprint density at radius 2 is 1.92 bits per heavy atom. The number of ether oxygens (including phenoxy) is 1. The Hall–Kier alpha value is -2.21. The van der Waals surface area contributed by atoms with Gasteiger partial charge in [0.25, 0.3) is 5.91 Å². The summed E-state index contributed by atoms with van der Waals surface area (Å²) in [6.07, 6.45) is -0.334. The lowest BCUT2D eigenvalue weighted by molar-refractivity contribution is -0.129. The van der Waals surface area contributed by atoms with E-state index in [1.165, 1.54) is 19.1 Å². The molecule has 0 fully saturated rings. The summed E-state index contributed by atoms with van der Waals surface area (Å²) >= 11 is 3.16. The van der Waals surface area contributed by atoms with Crippen molar-refractivity contribution >= 4 is 27.8 Å². The second kappa shape index (κ2) is 8.59. The summed E-state index contributed by atoms with van der Waals surface area (Å²) in [5, 5.41) is 2.69. The predicted octanol–water partition coefficient (Wildman–Crippen LogP) is 3.49. The number of esters is 1. The van der Waals surface area contributed by atoms with Gasteiger partial charge in [-0.2, -0.15) is 0 Å². The van der Waals surface area contributed by atoms with Crippen molar-refractivity contribution in [1.82, 2.24) is 5.32 Å². The molecule has 0 heterocycles. The monoisotopic (exact) mass is 393 g/mol. The summed E-state index contributed by atoms with van der Waals surface area (Å²) in [5.41, 5.74) is 0.881. The molecule has 6 heteroatoms. The second-order valence-corrected chi connectivity index (χ2v) is 6.11. The molecular formula is C18H17BrFNO3. The summed E-state index contributed by atoms with van der Waals surface area (Å²) in [4.78, 5) is 23.9. The zero-order valence-electron chi connectivity index (χ0n) is 13.1. The highest BCUT2D eigenvalue weighted by Gasteiger charge is 2.21. The number of halogens is 2. The highest BCUT2D eigenvalue weighted by atomic mass is 79.9. The minimum atomic E-state index is -1.01. The first kappa shape index (κ1) is 18.1. The van der Waals surface area contributed by atoms with E-state index in [9.17, 15) is 14.0 Å². The van der Waals surface area contributed by atoms with Crippen molar-refractivity contribution in [2.24, 2.45) is 0 Å². The Bertz CT molecular complexity index is 721. The van der Waals surface area contributed by atoms with Gasteiger partial charge in [0, 0.05) is 11.0 Å². The summed E-state index contributed by atoms with van der Waals surface area (Å²) in [5.74, 6) is -1.99. The van der Waals surface area contributed by atoms with Crippen molar-refractivity contribution in [1.29, 1.82) is 0 Å². The zero-order valence-corrected chi connectivity index (χ0v) is 14.7. The SMILES string of the molecule is C[C@H](OC(=O)c1cc(Br)ccc1F)C(=O)NCCc1ccccc1. The molecule has 0 spiro atoms. The molecule has 0 aliphatic rings. The van der Waals surface area contributed by atoms with Crippen LogP contribution in [0.3, 0.4) is 0 Å². The summed E-state index contributed by atoms with van der Waals surface area (Å²) in [6.45, 7) is 1.88. The summed E-state index contributed by atoms with van der Waals surface area (Å²) in [6, 6.07) is 13.7. The standard InChI is InChI=1S/C18H17BrFNO3/c1-12(17(22)21-10-9-13-5-3-2-4-6-13)24-18(23)15-11-14(19)7-8-16(15)20/h2-8,11-12H,9-10H2,1H3,(H,21,22)/t12-/m0/s1. The average molecular weight is 394 g/mol. The van der Waals surface area contributed by atoms with Crippen molar-refractivity contribution in [3.63, 3.8) is 0 Å². The van der Waals surface area contributed by atoms with Gasteiger partial charge in [-0.25, -0.2) is 9.18 Å². The largest absolute Gasteiger partial charge is 0.449 e. The van der Waals surface area contributed by atoms with Crippen LogP contribution in [-0.2, 0) is 16.0 Å². The minimum Gasteiger partial charge on any atom is -0.449 e.